The van der Waals surface area contributed by atoms with Crippen molar-refractivity contribution in [3.63, 3.8) is 0 Å². The van der Waals surface area contributed by atoms with Crippen molar-refractivity contribution in [2.75, 3.05) is 0 Å². The highest BCUT2D eigenvalue weighted by atomic mass is 19.4. The summed E-state index contributed by atoms with van der Waals surface area (Å²) in [5.74, 6) is -6.02. The highest BCUT2D eigenvalue weighted by Crippen LogP contribution is 2.45. The molecule has 4 heterocycles. The van der Waals surface area contributed by atoms with Crippen molar-refractivity contribution in [1.29, 1.82) is 0 Å². The van der Waals surface area contributed by atoms with Crippen LogP contribution in [0.3, 0.4) is 0 Å². The molecule has 0 radical (unpaired) electrons. The second-order valence-electron chi connectivity index (χ2n) is 7.21. The normalized spacial score (nSPS) is 12.7. The number of hydrogen-bond donors (Lipinski definition) is 1. The molecule has 0 amide bonds. The minimum Gasteiger partial charge on any atom is -0.422 e. The number of aliphatic hydroxyl groups excluding tert-OH is 1. The summed E-state index contributed by atoms with van der Waals surface area (Å²) in [6, 6.07) is 8.08. The third-order valence-corrected chi connectivity index (χ3v) is 5.19. The number of fused-ring (bicyclic) bond motifs is 3. The van der Waals surface area contributed by atoms with E-state index in [-0.39, 0.29) is 45.1 Å². The molecule has 13 heteroatoms. The molecule has 0 atom stereocenters. The van der Waals surface area contributed by atoms with Gasteiger partial charge in [0.2, 0.25) is 6.39 Å². The number of imidazole rings is 1. The molecular weight excluding hydrogens is 468 g/mol. The molecule has 34 heavy (non-hydrogen) atoms. The van der Waals surface area contributed by atoms with E-state index in [1.807, 2.05) is 0 Å². The Morgan fingerprint density at radius 3 is 2.32 bits per heavy atom. The van der Waals surface area contributed by atoms with Gasteiger partial charge in [0.15, 0.2) is 5.69 Å². The molecule has 174 valence electrons. The standard InChI is InChI=1S/C21H11F6N5O2/c22-11-3-1-10(2-4-11)13-7-15(20(23,24)21(25,26)27)29-18-12(13)5-6-16-30-17(14(8-33)32(16)18)19-31-28-9-34-19/h1-7,9,33H,8H2. The van der Waals surface area contributed by atoms with Crippen LogP contribution in [0.1, 0.15) is 11.4 Å². The van der Waals surface area contributed by atoms with Gasteiger partial charge in [-0.25, -0.2) is 14.4 Å². The number of halogens is 6. The molecule has 0 bridgehead atoms. The zero-order chi connectivity index (χ0) is 24.3. The zero-order valence-corrected chi connectivity index (χ0v) is 16.7. The number of alkyl halides is 5. The highest BCUT2D eigenvalue weighted by Gasteiger charge is 2.60. The molecule has 0 aliphatic carbocycles. The van der Waals surface area contributed by atoms with E-state index in [1.54, 1.807) is 0 Å². The van der Waals surface area contributed by atoms with Gasteiger partial charge in [0.05, 0.1) is 12.3 Å². The predicted molar refractivity (Wildman–Crippen MR) is 105 cm³/mol. The summed E-state index contributed by atoms with van der Waals surface area (Å²) in [4.78, 5) is 7.89. The molecule has 0 spiro atoms. The first kappa shape index (κ1) is 21.8. The molecule has 0 saturated carbocycles. The van der Waals surface area contributed by atoms with Gasteiger partial charge in [0.1, 0.15) is 22.8 Å². The summed E-state index contributed by atoms with van der Waals surface area (Å²) in [5.41, 5.74) is -1.72. The molecule has 0 fully saturated rings. The molecule has 0 unspecified atom stereocenters. The number of nitrogens with zero attached hydrogens (tertiary/aromatic N) is 5. The number of aliphatic hydroxyl groups is 1. The first-order valence-corrected chi connectivity index (χ1v) is 9.55. The van der Waals surface area contributed by atoms with Gasteiger partial charge >= 0.3 is 12.1 Å². The van der Waals surface area contributed by atoms with Crippen molar-refractivity contribution in [2.45, 2.75) is 18.7 Å². The lowest BCUT2D eigenvalue weighted by Crippen LogP contribution is -2.34. The Labute approximate surface area is 185 Å². The van der Waals surface area contributed by atoms with Crippen LogP contribution in [0.2, 0.25) is 0 Å². The molecule has 1 N–H and O–H groups in total. The fourth-order valence-electron chi connectivity index (χ4n) is 3.62. The Morgan fingerprint density at radius 2 is 1.71 bits per heavy atom. The topological polar surface area (TPSA) is 89.3 Å². The van der Waals surface area contributed by atoms with E-state index in [0.29, 0.717) is 6.07 Å². The SMILES string of the molecule is OCc1c(-c2nnco2)nc2ccc3c(-c4ccc(F)cc4)cc(C(F)(F)C(F)(F)F)nc3n12. The minimum absolute atomic E-state index is 0.00520. The number of pyridine rings is 2. The molecule has 7 nitrogen and oxygen atoms in total. The van der Waals surface area contributed by atoms with Gasteiger partial charge in [-0.1, -0.05) is 12.1 Å². The third kappa shape index (κ3) is 3.27. The van der Waals surface area contributed by atoms with Crippen LogP contribution in [0, 0.1) is 5.82 Å². The monoisotopic (exact) mass is 479 g/mol. The highest BCUT2D eigenvalue weighted by molar-refractivity contribution is 5.95. The molecule has 4 aromatic heterocycles. The van der Waals surface area contributed by atoms with Crippen LogP contribution in [0.25, 0.3) is 39.4 Å². The predicted octanol–water partition coefficient (Wildman–Crippen LogP) is 4.89. The van der Waals surface area contributed by atoms with E-state index in [0.717, 1.165) is 22.9 Å². The molecule has 5 aromatic rings. The fraction of sp³-hybridized carbons (Fsp3) is 0.143. The summed E-state index contributed by atoms with van der Waals surface area (Å²) in [6.07, 6.45) is -4.92. The van der Waals surface area contributed by atoms with Crippen LogP contribution in [-0.2, 0) is 12.5 Å². The van der Waals surface area contributed by atoms with Crippen LogP contribution in [-0.4, -0.2) is 35.8 Å². The Kier molecular flexibility index (Phi) is 4.82. The van der Waals surface area contributed by atoms with Gasteiger partial charge in [-0.05, 0) is 41.5 Å². The van der Waals surface area contributed by atoms with Gasteiger partial charge in [0.25, 0.3) is 5.89 Å². The van der Waals surface area contributed by atoms with Gasteiger partial charge in [-0.2, -0.15) is 22.0 Å². The van der Waals surface area contributed by atoms with E-state index >= 15 is 0 Å². The third-order valence-electron chi connectivity index (χ3n) is 5.19. The fourth-order valence-corrected chi connectivity index (χ4v) is 3.62. The number of rotatable bonds is 4. The Balaban J connectivity index is 1.91. The smallest absolute Gasteiger partial charge is 0.422 e. The number of benzene rings is 1. The molecule has 1 aromatic carbocycles. The Morgan fingerprint density at radius 1 is 0.971 bits per heavy atom. The van der Waals surface area contributed by atoms with Crippen LogP contribution in [0.5, 0.6) is 0 Å². The quantitative estimate of drug-likeness (QED) is 0.370. The molecule has 0 aliphatic rings. The van der Waals surface area contributed by atoms with Crippen LogP contribution in [0.15, 0.2) is 53.3 Å². The summed E-state index contributed by atoms with van der Waals surface area (Å²) < 4.78 is 88.2. The minimum atomic E-state index is -5.93. The van der Waals surface area contributed by atoms with Crippen LogP contribution < -0.4 is 0 Å². The summed E-state index contributed by atoms with van der Waals surface area (Å²) in [5, 5.41) is 17.4. The Hall–Kier alpha value is -4.00. The van der Waals surface area contributed by atoms with Gasteiger partial charge in [-0.3, -0.25) is 4.40 Å². The Bertz CT molecular complexity index is 1510. The van der Waals surface area contributed by atoms with E-state index < -0.39 is 30.2 Å². The van der Waals surface area contributed by atoms with E-state index in [9.17, 15) is 31.4 Å². The summed E-state index contributed by atoms with van der Waals surface area (Å²) >= 11 is 0. The van der Waals surface area contributed by atoms with Crippen molar-refractivity contribution < 1.29 is 35.9 Å². The molecule has 0 aliphatic heterocycles. The van der Waals surface area contributed by atoms with Crippen molar-refractivity contribution >= 4 is 16.7 Å². The van der Waals surface area contributed by atoms with Crippen LogP contribution >= 0.6 is 0 Å². The molecule has 0 saturated heterocycles. The molecule has 5 rings (SSSR count). The van der Waals surface area contributed by atoms with Gasteiger partial charge in [-0.15, -0.1) is 10.2 Å². The van der Waals surface area contributed by atoms with Crippen molar-refractivity contribution in [3.8, 4) is 22.7 Å². The van der Waals surface area contributed by atoms with E-state index in [1.165, 1.54) is 24.3 Å². The first-order valence-electron chi connectivity index (χ1n) is 9.55. The van der Waals surface area contributed by atoms with Crippen molar-refractivity contribution in [1.82, 2.24) is 24.6 Å². The lowest BCUT2D eigenvalue weighted by molar-refractivity contribution is -0.290. The zero-order valence-electron chi connectivity index (χ0n) is 16.7. The lowest BCUT2D eigenvalue weighted by Gasteiger charge is -2.21. The second-order valence-corrected chi connectivity index (χ2v) is 7.21. The first-order chi connectivity index (χ1) is 16.1. The van der Waals surface area contributed by atoms with E-state index in [2.05, 4.69) is 20.2 Å². The van der Waals surface area contributed by atoms with Crippen molar-refractivity contribution in [3.05, 3.63) is 66.1 Å². The maximum atomic E-state index is 14.4. The number of aromatic nitrogens is 5. The molecular formula is C21H11F6N5O2. The summed E-state index contributed by atoms with van der Waals surface area (Å²) in [7, 11) is 0. The maximum absolute atomic E-state index is 14.4. The average molecular weight is 479 g/mol. The van der Waals surface area contributed by atoms with Crippen molar-refractivity contribution in [2.24, 2.45) is 0 Å². The number of hydrogen-bond acceptors (Lipinski definition) is 6. The van der Waals surface area contributed by atoms with E-state index in [4.69, 9.17) is 4.42 Å². The van der Waals surface area contributed by atoms with Gasteiger partial charge in [0, 0.05) is 5.39 Å². The van der Waals surface area contributed by atoms with Crippen LogP contribution in [0.4, 0.5) is 26.3 Å². The summed E-state index contributed by atoms with van der Waals surface area (Å²) in [6.45, 7) is -0.703. The maximum Gasteiger partial charge on any atom is 0.459 e. The second kappa shape index (κ2) is 7.52. The average Bonchev–Trinajstić information content (AvgIpc) is 3.45. The van der Waals surface area contributed by atoms with Gasteiger partial charge < -0.3 is 9.52 Å². The lowest BCUT2D eigenvalue weighted by atomic mass is 10.00. The largest absolute Gasteiger partial charge is 0.459 e.